The minimum Gasteiger partial charge on any atom is -0.269 e. The van der Waals surface area contributed by atoms with Gasteiger partial charge in [-0.1, -0.05) is 37.2 Å². The Labute approximate surface area is 64.6 Å². The van der Waals surface area contributed by atoms with Crippen LogP contribution in [0.5, 0.6) is 0 Å². The van der Waals surface area contributed by atoms with E-state index in [4.69, 9.17) is 0 Å². The standard InChI is InChI=1S/C8H15Si.FH/c1-4-7-8-9(5-2)6-3;/h5-6H,2-4,7-8H2,1H3;1H. The molecule has 0 atom stereocenters. The second-order valence-corrected chi connectivity index (χ2v) is 4.55. The van der Waals surface area contributed by atoms with Crippen LogP contribution in [0.3, 0.4) is 0 Å². The summed E-state index contributed by atoms with van der Waals surface area (Å²) in [5.74, 6) is 0. The maximum absolute atomic E-state index is 3.76. The van der Waals surface area contributed by atoms with E-state index in [1.807, 2.05) is 0 Å². The van der Waals surface area contributed by atoms with Crippen LogP contribution in [0.4, 0.5) is 4.70 Å². The molecule has 0 aliphatic heterocycles. The Balaban J connectivity index is 0. The van der Waals surface area contributed by atoms with E-state index in [0.29, 0.717) is 0 Å². The lowest BCUT2D eigenvalue weighted by molar-refractivity contribution is 0.878. The van der Waals surface area contributed by atoms with E-state index in [2.05, 4.69) is 31.5 Å². The SMILES string of the molecule is C=C[Si](C=C)CCCC.F. The lowest BCUT2D eigenvalue weighted by atomic mass is 10.4. The maximum Gasteiger partial charge on any atom is 0.102 e. The summed E-state index contributed by atoms with van der Waals surface area (Å²) in [6, 6.07) is 1.31. The van der Waals surface area contributed by atoms with E-state index in [1.54, 1.807) is 0 Å². The van der Waals surface area contributed by atoms with Gasteiger partial charge in [-0.2, -0.15) is 0 Å². The highest BCUT2D eigenvalue weighted by molar-refractivity contribution is 6.69. The van der Waals surface area contributed by atoms with E-state index in [0.717, 1.165) is 0 Å². The van der Waals surface area contributed by atoms with Crippen molar-refractivity contribution in [3.8, 4) is 0 Å². The van der Waals surface area contributed by atoms with Gasteiger partial charge < -0.3 is 0 Å². The molecular weight excluding hydrogens is 143 g/mol. The summed E-state index contributed by atoms with van der Waals surface area (Å²) in [7, 11) is -0.358. The van der Waals surface area contributed by atoms with Crippen LogP contribution >= 0.6 is 0 Å². The predicted octanol–water partition coefficient (Wildman–Crippen LogP) is 2.88. The zero-order valence-corrected chi connectivity index (χ0v) is 7.60. The van der Waals surface area contributed by atoms with Gasteiger partial charge in [0.1, 0.15) is 8.80 Å². The van der Waals surface area contributed by atoms with E-state index in [-0.39, 0.29) is 13.5 Å². The van der Waals surface area contributed by atoms with Gasteiger partial charge in [0.15, 0.2) is 0 Å². The number of rotatable bonds is 5. The normalized spacial score (nSPS) is 8.60. The van der Waals surface area contributed by atoms with Crippen molar-refractivity contribution in [1.29, 1.82) is 0 Å². The minimum atomic E-state index is -0.358. The molecule has 0 aromatic rings. The Morgan fingerprint density at radius 1 is 1.30 bits per heavy atom. The molecule has 0 heterocycles. The first-order valence-electron chi connectivity index (χ1n) is 3.45. The molecular formula is C8H16FSi. The molecule has 10 heavy (non-hydrogen) atoms. The fourth-order valence-electron chi connectivity index (χ4n) is 0.668. The minimum absolute atomic E-state index is 0. The molecule has 0 rings (SSSR count). The van der Waals surface area contributed by atoms with Crippen LogP contribution in [0.2, 0.25) is 6.04 Å². The number of halogens is 1. The van der Waals surface area contributed by atoms with Gasteiger partial charge in [0.05, 0.1) is 0 Å². The van der Waals surface area contributed by atoms with Crippen LogP contribution in [0, 0.1) is 0 Å². The molecule has 0 amide bonds. The third kappa shape index (κ3) is 5.76. The van der Waals surface area contributed by atoms with Crippen LogP contribution in [-0.4, -0.2) is 8.80 Å². The second-order valence-electron chi connectivity index (χ2n) is 2.09. The summed E-state index contributed by atoms with van der Waals surface area (Å²) in [5.41, 5.74) is 4.13. The fourth-order valence-corrected chi connectivity index (χ4v) is 2.01. The van der Waals surface area contributed by atoms with Gasteiger partial charge in [0, 0.05) is 0 Å². The molecule has 0 spiro atoms. The van der Waals surface area contributed by atoms with Crippen LogP contribution < -0.4 is 0 Å². The molecule has 0 bridgehead atoms. The van der Waals surface area contributed by atoms with Crippen molar-refractivity contribution < 1.29 is 4.70 Å². The molecule has 2 heteroatoms. The Bertz CT molecular complexity index is 83.3. The van der Waals surface area contributed by atoms with Crippen molar-refractivity contribution in [1.82, 2.24) is 0 Å². The Morgan fingerprint density at radius 3 is 2.10 bits per heavy atom. The Kier molecular flexibility index (Phi) is 10.6. The Hall–Kier alpha value is -0.373. The van der Waals surface area contributed by atoms with Gasteiger partial charge in [0.25, 0.3) is 0 Å². The van der Waals surface area contributed by atoms with Gasteiger partial charge in [-0.3, -0.25) is 4.70 Å². The lowest BCUT2D eigenvalue weighted by Gasteiger charge is -2.00. The largest absolute Gasteiger partial charge is 0.269 e. The summed E-state index contributed by atoms with van der Waals surface area (Å²) < 4.78 is 0. The molecule has 0 saturated carbocycles. The molecule has 59 valence electrons. The van der Waals surface area contributed by atoms with Gasteiger partial charge in [-0.25, -0.2) is 0 Å². The van der Waals surface area contributed by atoms with Crippen molar-refractivity contribution in [3.05, 3.63) is 24.6 Å². The van der Waals surface area contributed by atoms with Crippen LogP contribution in [0.1, 0.15) is 19.8 Å². The molecule has 0 unspecified atom stereocenters. The molecule has 0 aromatic heterocycles. The van der Waals surface area contributed by atoms with E-state index >= 15 is 0 Å². The van der Waals surface area contributed by atoms with Crippen LogP contribution in [0.15, 0.2) is 24.6 Å². The topological polar surface area (TPSA) is 0 Å². The molecule has 0 aromatic carbocycles. The van der Waals surface area contributed by atoms with E-state index in [9.17, 15) is 0 Å². The molecule has 0 aliphatic carbocycles. The van der Waals surface area contributed by atoms with Crippen molar-refractivity contribution in [3.63, 3.8) is 0 Å². The molecule has 1 radical (unpaired) electrons. The first-order valence-corrected chi connectivity index (χ1v) is 5.32. The van der Waals surface area contributed by atoms with Crippen molar-refractivity contribution in [2.24, 2.45) is 0 Å². The highest BCUT2D eigenvalue weighted by Crippen LogP contribution is 2.01. The summed E-state index contributed by atoms with van der Waals surface area (Å²) >= 11 is 0. The van der Waals surface area contributed by atoms with Gasteiger partial charge in [-0.05, 0) is 0 Å². The molecule has 0 nitrogen and oxygen atoms in total. The number of hydrogen-bond acceptors (Lipinski definition) is 0. The zero-order valence-electron chi connectivity index (χ0n) is 6.60. The Morgan fingerprint density at radius 2 is 1.80 bits per heavy atom. The smallest absolute Gasteiger partial charge is 0.102 e. The average Bonchev–Trinajstić information content (AvgIpc) is 1.91. The summed E-state index contributed by atoms with van der Waals surface area (Å²) in [6.07, 6.45) is 2.61. The molecule has 0 N–H and O–H groups in total. The monoisotopic (exact) mass is 159 g/mol. The summed E-state index contributed by atoms with van der Waals surface area (Å²) in [5, 5.41) is 0. The van der Waals surface area contributed by atoms with Crippen molar-refractivity contribution in [2.75, 3.05) is 0 Å². The third-order valence-corrected chi connectivity index (χ3v) is 3.32. The molecule has 0 fully saturated rings. The van der Waals surface area contributed by atoms with E-state index in [1.165, 1.54) is 18.9 Å². The van der Waals surface area contributed by atoms with Crippen LogP contribution in [-0.2, 0) is 0 Å². The second kappa shape index (κ2) is 8.63. The predicted molar refractivity (Wildman–Crippen MR) is 48.4 cm³/mol. The van der Waals surface area contributed by atoms with Crippen molar-refractivity contribution in [2.45, 2.75) is 25.8 Å². The van der Waals surface area contributed by atoms with Crippen LogP contribution in [0.25, 0.3) is 0 Å². The fraction of sp³-hybridized carbons (Fsp3) is 0.500. The number of unbranched alkanes of at least 4 members (excludes halogenated alkanes) is 1. The quantitative estimate of drug-likeness (QED) is 0.541. The van der Waals surface area contributed by atoms with Gasteiger partial charge >= 0.3 is 0 Å². The summed E-state index contributed by atoms with van der Waals surface area (Å²) in [4.78, 5) is 0. The molecule has 0 saturated heterocycles. The lowest BCUT2D eigenvalue weighted by Crippen LogP contribution is -2.03. The van der Waals surface area contributed by atoms with E-state index < -0.39 is 0 Å². The first kappa shape index (κ1) is 12.3. The average molecular weight is 159 g/mol. The summed E-state index contributed by atoms with van der Waals surface area (Å²) in [6.45, 7) is 9.73. The highest BCUT2D eigenvalue weighted by atomic mass is 28.3. The van der Waals surface area contributed by atoms with Crippen molar-refractivity contribution >= 4 is 8.80 Å². The van der Waals surface area contributed by atoms with Gasteiger partial charge in [0.2, 0.25) is 0 Å². The highest BCUT2D eigenvalue weighted by Gasteiger charge is 1.97. The van der Waals surface area contributed by atoms with Gasteiger partial charge in [-0.15, -0.1) is 13.2 Å². The number of hydrogen-bond donors (Lipinski definition) is 0. The molecule has 0 aliphatic rings. The zero-order chi connectivity index (χ0) is 7.11. The first-order chi connectivity index (χ1) is 4.35. The maximum atomic E-state index is 3.76. The third-order valence-electron chi connectivity index (χ3n) is 1.34.